The highest BCUT2D eigenvalue weighted by Crippen LogP contribution is 2.31. The summed E-state index contributed by atoms with van der Waals surface area (Å²) in [6, 6.07) is 9.28. The first-order valence-corrected chi connectivity index (χ1v) is 14.8. The molecule has 224 valence electrons. The zero-order valence-corrected chi connectivity index (χ0v) is 24.8. The minimum atomic E-state index is -0.729. The highest BCUT2D eigenvalue weighted by molar-refractivity contribution is 6.35. The van der Waals surface area contributed by atoms with Crippen LogP contribution in [0.3, 0.4) is 0 Å². The van der Waals surface area contributed by atoms with Crippen LogP contribution < -0.4 is 15.4 Å². The quantitative estimate of drug-likeness (QED) is 0.344. The summed E-state index contributed by atoms with van der Waals surface area (Å²) in [4.78, 5) is 31.5. The number of aliphatic hydroxyl groups is 1. The first-order chi connectivity index (χ1) is 20.3. The molecular weight excluding hydrogens is 581 g/mol. The van der Waals surface area contributed by atoms with Crippen molar-refractivity contribution in [1.82, 2.24) is 24.8 Å². The summed E-state index contributed by atoms with van der Waals surface area (Å²) in [5, 5.41) is 10.2. The molecule has 0 atom stereocenters. The number of aromatic nitrogens is 3. The first kappa shape index (κ1) is 30.2. The van der Waals surface area contributed by atoms with Crippen LogP contribution in [-0.4, -0.2) is 95.0 Å². The number of ether oxygens (including phenoxy) is 2. The van der Waals surface area contributed by atoms with E-state index in [1.807, 2.05) is 24.3 Å². The Labute approximate surface area is 255 Å². The number of β-amino-alcohol motifs (C(OH)–C–C–N with tert-alkyl or cyclic N) is 1. The van der Waals surface area contributed by atoms with E-state index in [2.05, 4.69) is 24.7 Å². The fraction of sp³-hybridized carbons (Fsp3) is 0.448. The van der Waals surface area contributed by atoms with Gasteiger partial charge >= 0.3 is 6.09 Å². The molecule has 13 heteroatoms. The lowest BCUT2D eigenvalue weighted by Gasteiger charge is -2.34. The third kappa shape index (κ3) is 8.42. The predicted octanol–water partition coefficient (Wildman–Crippen LogP) is 4.06. The molecule has 0 bridgehead atoms. The molecule has 1 aromatic carbocycles. The standard InChI is InChI=1S/C29H35Cl2N7O4/c30-23-13-22(14-24(31)15-23)26-11-21(18-37-3-1-20(2-4-37)19-41-28(32)40)12-27(35-26)42-25-16-33-29(34-17-25)38-7-5-36(6-8-38)9-10-39/h11-17,20,39H,1-10,18-19H2,(H2,32,40). The van der Waals surface area contributed by atoms with Crippen LogP contribution >= 0.6 is 23.2 Å². The Morgan fingerprint density at radius 1 is 0.952 bits per heavy atom. The maximum Gasteiger partial charge on any atom is 0.404 e. The number of nitrogens with zero attached hydrogens (tertiary/aromatic N) is 6. The molecule has 2 fully saturated rings. The number of piperazine rings is 1. The van der Waals surface area contributed by atoms with E-state index < -0.39 is 6.09 Å². The molecule has 42 heavy (non-hydrogen) atoms. The Bertz CT molecular complexity index is 1330. The van der Waals surface area contributed by atoms with Crippen LogP contribution in [0.5, 0.6) is 11.6 Å². The van der Waals surface area contributed by atoms with Crippen molar-refractivity contribution in [3.8, 4) is 22.9 Å². The maximum absolute atomic E-state index is 11.0. The average Bonchev–Trinajstić information content (AvgIpc) is 2.97. The minimum Gasteiger partial charge on any atom is -0.449 e. The van der Waals surface area contributed by atoms with Crippen molar-refractivity contribution in [3.05, 3.63) is 58.3 Å². The van der Waals surface area contributed by atoms with Crippen LogP contribution in [0.1, 0.15) is 18.4 Å². The summed E-state index contributed by atoms with van der Waals surface area (Å²) in [7, 11) is 0. The van der Waals surface area contributed by atoms with Gasteiger partial charge < -0.3 is 25.2 Å². The molecule has 0 aliphatic carbocycles. The third-order valence-corrected chi connectivity index (χ3v) is 7.94. The summed E-state index contributed by atoms with van der Waals surface area (Å²) in [6.45, 7) is 6.94. The van der Waals surface area contributed by atoms with Gasteiger partial charge in [-0.1, -0.05) is 23.2 Å². The van der Waals surface area contributed by atoms with Gasteiger partial charge in [0.05, 0.1) is 31.3 Å². The zero-order valence-electron chi connectivity index (χ0n) is 23.3. The zero-order chi connectivity index (χ0) is 29.5. The topological polar surface area (TPSA) is 130 Å². The van der Waals surface area contributed by atoms with Gasteiger partial charge in [0.2, 0.25) is 11.8 Å². The largest absolute Gasteiger partial charge is 0.449 e. The molecule has 0 spiro atoms. The van der Waals surface area contributed by atoms with Crippen molar-refractivity contribution < 1.29 is 19.4 Å². The Kier molecular flexibility index (Phi) is 10.3. The third-order valence-electron chi connectivity index (χ3n) is 7.50. The normalized spacial score (nSPS) is 16.9. The maximum atomic E-state index is 11.0. The van der Waals surface area contributed by atoms with Crippen molar-refractivity contribution in [2.45, 2.75) is 19.4 Å². The van der Waals surface area contributed by atoms with Crippen LogP contribution in [0.2, 0.25) is 10.0 Å². The van der Waals surface area contributed by atoms with Crippen molar-refractivity contribution in [2.24, 2.45) is 11.7 Å². The number of primary amides is 1. The number of hydrogen-bond donors (Lipinski definition) is 2. The van der Waals surface area contributed by atoms with E-state index >= 15 is 0 Å². The van der Waals surface area contributed by atoms with E-state index in [1.165, 1.54) is 0 Å². The molecule has 4 heterocycles. The van der Waals surface area contributed by atoms with E-state index in [-0.39, 0.29) is 6.61 Å². The van der Waals surface area contributed by atoms with E-state index in [9.17, 15) is 9.90 Å². The number of aliphatic hydroxyl groups excluding tert-OH is 1. The van der Waals surface area contributed by atoms with Gasteiger partial charge in [-0.3, -0.25) is 9.80 Å². The SMILES string of the molecule is NC(=O)OCC1CCN(Cc2cc(Oc3cnc(N4CCN(CCO)CC4)nc3)nc(-c3cc(Cl)cc(Cl)c3)c2)CC1. The second-order valence-electron chi connectivity index (χ2n) is 10.6. The number of hydrogen-bond acceptors (Lipinski definition) is 10. The van der Waals surface area contributed by atoms with E-state index in [4.69, 9.17) is 43.4 Å². The van der Waals surface area contributed by atoms with Crippen molar-refractivity contribution in [2.75, 3.05) is 63.9 Å². The second-order valence-corrected chi connectivity index (χ2v) is 11.5. The summed E-state index contributed by atoms with van der Waals surface area (Å²) in [6.07, 6.45) is 4.42. The number of carbonyl (C=O) groups excluding carboxylic acids is 1. The minimum absolute atomic E-state index is 0.163. The Balaban J connectivity index is 1.30. The van der Waals surface area contributed by atoms with Crippen molar-refractivity contribution in [1.29, 1.82) is 0 Å². The lowest BCUT2D eigenvalue weighted by atomic mass is 9.97. The first-order valence-electron chi connectivity index (χ1n) is 14.0. The van der Waals surface area contributed by atoms with Crippen LogP contribution in [-0.2, 0) is 11.3 Å². The Morgan fingerprint density at radius 2 is 1.64 bits per heavy atom. The smallest absolute Gasteiger partial charge is 0.404 e. The lowest BCUT2D eigenvalue weighted by Crippen LogP contribution is -2.47. The number of benzene rings is 1. The van der Waals surface area contributed by atoms with Crippen LogP contribution in [0.25, 0.3) is 11.3 Å². The van der Waals surface area contributed by atoms with Gasteiger partial charge in [0.15, 0.2) is 5.75 Å². The molecule has 11 nitrogen and oxygen atoms in total. The second kappa shape index (κ2) is 14.3. The fourth-order valence-electron chi connectivity index (χ4n) is 5.28. The number of likely N-dealkylation sites (tertiary alicyclic amines) is 1. The summed E-state index contributed by atoms with van der Waals surface area (Å²) < 4.78 is 11.2. The van der Waals surface area contributed by atoms with Gasteiger partial charge in [0, 0.05) is 60.9 Å². The molecule has 5 rings (SSSR count). The van der Waals surface area contributed by atoms with Gasteiger partial charge in [-0.15, -0.1) is 0 Å². The number of piperidine rings is 1. The van der Waals surface area contributed by atoms with Crippen molar-refractivity contribution in [3.63, 3.8) is 0 Å². The lowest BCUT2D eigenvalue weighted by molar-refractivity contribution is 0.1000. The number of nitrogens with two attached hydrogens (primary N) is 1. The Hall–Kier alpha value is -3.22. The number of anilines is 1. The van der Waals surface area contributed by atoms with Gasteiger partial charge in [0.25, 0.3) is 0 Å². The summed E-state index contributed by atoms with van der Waals surface area (Å²) in [5.74, 6) is 1.85. The van der Waals surface area contributed by atoms with E-state index in [0.717, 1.165) is 63.2 Å². The van der Waals surface area contributed by atoms with Gasteiger partial charge in [-0.25, -0.2) is 19.7 Å². The molecule has 2 aliphatic rings. The van der Waals surface area contributed by atoms with Crippen LogP contribution in [0.15, 0.2) is 42.7 Å². The fourth-order valence-corrected chi connectivity index (χ4v) is 5.81. The average molecular weight is 617 g/mol. The number of amides is 1. The number of carbonyl (C=O) groups is 1. The molecule has 0 saturated carbocycles. The summed E-state index contributed by atoms with van der Waals surface area (Å²) in [5.41, 5.74) is 7.62. The van der Waals surface area contributed by atoms with E-state index in [1.54, 1.807) is 18.5 Å². The number of pyridine rings is 1. The molecule has 2 aromatic heterocycles. The van der Waals surface area contributed by atoms with Crippen LogP contribution in [0, 0.1) is 5.92 Å². The van der Waals surface area contributed by atoms with Crippen LogP contribution in [0.4, 0.5) is 10.7 Å². The summed E-state index contributed by atoms with van der Waals surface area (Å²) >= 11 is 12.6. The molecule has 3 N–H and O–H groups in total. The van der Waals surface area contributed by atoms with E-state index in [0.29, 0.717) is 58.9 Å². The molecule has 2 saturated heterocycles. The van der Waals surface area contributed by atoms with Gasteiger partial charge in [-0.2, -0.15) is 0 Å². The van der Waals surface area contributed by atoms with Crippen molar-refractivity contribution >= 4 is 35.2 Å². The molecule has 3 aromatic rings. The number of rotatable bonds is 10. The molecule has 1 amide bonds. The molecule has 2 aliphatic heterocycles. The monoisotopic (exact) mass is 615 g/mol. The molecule has 0 unspecified atom stereocenters. The Morgan fingerprint density at radius 3 is 2.29 bits per heavy atom. The molecular formula is C29H35Cl2N7O4. The van der Waals surface area contributed by atoms with Gasteiger partial charge in [-0.05, 0) is 61.7 Å². The predicted molar refractivity (Wildman–Crippen MR) is 161 cm³/mol. The number of halogens is 2. The molecule has 0 radical (unpaired) electrons. The highest BCUT2D eigenvalue weighted by atomic mass is 35.5. The highest BCUT2D eigenvalue weighted by Gasteiger charge is 2.22. The van der Waals surface area contributed by atoms with Gasteiger partial charge in [0.1, 0.15) is 0 Å².